The normalized spacial score (nSPS) is 49.4. The molecule has 4 bridgehead atoms. The quantitative estimate of drug-likeness (QED) is 0.475. The number of hydrogen-bond acceptors (Lipinski definition) is 2. The van der Waals surface area contributed by atoms with Crippen molar-refractivity contribution in [2.45, 2.75) is 43.3 Å². The Morgan fingerprint density at radius 2 is 1.45 bits per heavy atom. The summed E-state index contributed by atoms with van der Waals surface area (Å²) in [5.74, 6) is -1.05. The van der Waals surface area contributed by atoms with Crippen molar-refractivity contribution in [2.24, 2.45) is 41.4 Å². The minimum Gasteiger partial charge on any atom is -0.283 e. The third-order valence-corrected chi connectivity index (χ3v) is 8.26. The van der Waals surface area contributed by atoms with E-state index < -0.39 is 33.1 Å². The molecule has 0 aromatic heterocycles. The molecular formula is C14H18F4O3S. The molecule has 0 aromatic rings. The number of hydrogen-bond donors (Lipinski definition) is 1. The molecule has 4 aliphatic rings. The van der Waals surface area contributed by atoms with E-state index in [1.807, 2.05) is 0 Å². The van der Waals surface area contributed by atoms with Crippen molar-refractivity contribution in [1.82, 2.24) is 0 Å². The molecule has 8 heteroatoms. The zero-order chi connectivity index (χ0) is 16.1. The molecule has 0 heterocycles. The Labute approximate surface area is 126 Å². The summed E-state index contributed by atoms with van der Waals surface area (Å²) in [5, 5.41) is -4.52. The minimum atomic E-state index is -5.86. The second kappa shape index (κ2) is 4.18. The van der Waals surface area contributed by atoms with E-state index in [1.54, 1.807) is 0 Å². The van der Waals surface area contributed by atoms with Gasteiger partial charge in [0.05, 0.1) is 0 Å². The number of fused-ring (bicyclic) bond motifs is 9. The second-order valence-corrected chi connectivity index (χ2v) is 9.15. The molecule has 126 valence electrons. The van der Waals surface area contributed by atoms with Gasteiger partial charge in [0.15, 0.2) is 0 Å². The first kappa shape index (κ1) is 15.2. The van der Waals surface area contributed by atoms with Crippen molar-refractivity contribution in [2.75, 3.05) is 0 Å². The van der Waals surface area contributed by atoms with Gasteiger partial charge in [-0.25, -0.2) is 4.39 Å². The lowest BCUT2D eigenvalue weighted by Crippen LogP contribution is -2.56. The van der Waals surface area contributed by atoms with Crippen molar-refractivity contribution in [3.63, 3.8) is 0 Å². The van der Waals surface area contributed by atoms with E-state index in [4.69, 9.17) is 4.55 Å². The number of halogens is 4. The van der Waals surface area contributed by atoms with Crippen LogP contribution in [0, 0.1) is 41.4 Å². The molecule has 0 amide bonds. The first-order chi connectivity index (χ1) is 10.1. The lowest BCUT2D eigenvalue weighted by Gasteiger charge is -2.43. The largest absolute Gasteiger partial charge is 0.440 e. The highest BCUT2D eigenvalue weighted by molar-refractivity contribution is 7.87. The first-order valence-corrected chi connectivity index (χ1v) is 9.22. The molecule has 0 radical (unpaired) electrons. The predicted octanol–water partition coefficient (Wildman–Crippen LogP) is 3.42. The molecule has 3 nitrogen and oxygen atoms in total. The van der Waals surface area contributed by atoms with Crippen molar-refractivity contribution >= 4 is 10.1 Å². The summed E-state index contributed by atoms with van der Waals surface area (Å²) in [6.07, 6.45) is -2.17. The lowest BCUT2D eigenvalue weighted by atomic mass is 9.66. The van der Waals surface area contributed by atoms with Gasteiger partial charge in [-0.3, -0.25) is 4.55 Å². The van der Waals surface area contributed by atoms with E-state index in [0.29, 0.717) is 24.2 Å². The summed E-state index contributed by atoms with van der Waals surface area (Å²) >= 11 is 0. The summed E-state index contributed by atoms with van der Waals surface area (Å²) in [6, 6.07) is 0. The van der Waals surface area contributed by atoms with E-state index in [9.17, 15) is 26.0 Å². The highest BCUT2D eigenvalue weighted by Gasteiger charge is 2.76. The van der Waals surface area contributed by atoms with Crippen LogP contribution < -0.4 is 0 Å². The molecule has 4 fully saturated rings. The second-order valence-electron chi connectivity index (χ2n) is 7.61. The molecule has 4 rings (SSSR count). The van der Waals surface area contributed by atoms with Gasteiger partial charge < -0.3 is 0 Å². The number of rotatable bonds is 2. The summed E-state index contributed by atoms with van der Waals surface area (Å²) in [7, 11) is -5.86. The van der Waals surface area contributed by atoms with E-state index in [0.717, 1.165) is 19.3 Å². The van der Waals surface area contributed by atoms with Gasteiger partial charge in [-0.15, -0.1) is 0 Å². The monoisotopic (exact) mass is 342 g/mol. The minimum absolute atomic E-state index is 0.0155. The van der Waals surface area contributed by atoms with Gasteiger partial charge in [-0.05, 0) is 67.6 Å². The summed E-state index contributed by atoms with van der Waals surface area (Å²) in [5.41, 5.74) is 0. The van der Waals surface area contributed by atoms with Crippen molar-refractivity contribution in [3.8, 4) is 0 Å². The highest BCUT2D eigenvalue weighted by Crippen LogP contribution is 2.71. The molecule has 0 aromatic carbocycles. The molecule has 8 unspecified atom stereocenters. The van der Waals surface area contributed by atoms with Crippen LogP contribution in [0.1, 0.15) is 32.1 Å². The van der Waals surface area contributed by atoms with E-state index in [1.165, 1.54) is 0 Å². The summed E-state index contributed by atoms with van der Waals surface area (Å²) in [6.45, 7) is 0. The average molecular weight is 342 g/mol. The maximum Gasteiger partial charge on any atom is 0.440 e. The Bertz CT molecular complexity index is 604. The van der Waals surface area contributed by atoms with E-state index in [-0.39, 0.29) is 18.3 Å². The maximum atomic E-state index is 14.7. The van der Waals surface area contributed by atoms with Crippen LogP contribution in [0.3, 0.4) is 0 Å². The topological polar surface area (TPSA) is 54.4 Å². The van der Waals surface area contributed by atoms with Gasteiger partial charge in [0.2, 0.25) is 0 Å². The predicted molar refractivity (Wildman–Crippen MR) is 69.0 cm³/mol. The third-order valence-electron chi connectivity index (χ3n) is 6.97. The Kier molecular flexibility index (Phi) is 2.88. The first-order valence-electron chi connectivity index (χ1n) is 7.78. The van der Waals surface area contributed by atoms with Crippen LogP contribution in [0.4, 0.5) is 17.6 Å². The van der Waals surface area contributed by atoms with Gasteiger partial charge in [0.25, 0.3) is 0 Å². The van der Waals surface area contributed by atoms with Crippen molar-refractivity contribution in [1.29, 1.82) is 0 Å². The van der Waals surface area contributed by atoms with Gasteiger partial charge in [0.1, 0.15) is 0 Å². The van der Waals surface area contributed by atoms with Crippen LogP contribution >= 0.6 is 0 Å². The fourth-order valence-electron chi connectivity index (χ4n) is 6.54. The Morgan fingerprint density at radius 3 is 2.00 bits per heavy atom. The maximum absolute atomic E-state index is 14.7. The SMILES string of the molecule is O=S(=O)(O)C(F)(C1CC2CC1C1C3CCC(C3)C21)C(F)(F)F. The van der Waals surface area contributed by atoms with Gasteiger partial charge in [-0.1, -0.05) is 0 Å². The van der Waals surface area contributed by atoms with Crippen molar-refractivity contribution in [3.05, 3.63) is 0 Å². The van der Waals surface area contributed by atoms with E-state index in [2.05, 4.69) is 0 Å². The molecule has 8 atom stereocenters. The van der Waals surface area contributed by atoms with Crippen LogP contribution in [-0.2, 0) is 10.1 Å². The molecule has 0 aliphatic heterocycles. The fourth-order valence-corrected chi connectivity index (χ4v) is 7.49. The molecule has 0 saturated heterocycles. The van der Waals surface area contributed by atoms with Crippen LogP contribution in [0.5, 0.6) is 0 Å². The van der Waals surface area contributed by atoms with Crippen LogP contribution in [-0.4, -0.2) is 24.1 Å². The molecule has 0 spiro atoms. The van der Waals surface area contributed by atoms with Gasteiger partial charge in [-0.2, -0.15) is 21.6 Å². The molecule has 4 aliphatic carbocycles. The van der Waals surface area contributed by atoms with Gasteiger partial charge >= 0.3 is 21.3 Å². The zero-order valence-corrected chi connectivity index (χ0v) is 12.6. The Balaban J connectivity index is 1.73. The molecule has 4 saturated carbocycles. The van der Waals surface area contributed by atoms with Crippen LogP contribution in [0.25, 0.3) is 0 Å². The Morgan fingerprint density at radius 1 is 0.864 bits per heavy atom. The zero-order valence-electron chi connectivity index (χ0n) is 11.8. The van der Waals surface area contributed by atoms with Crippen LogP contribution in [0.15, 0.2) is 0 Å². The molecule has 1 N–H and O–H groups in total. The fraction of sp³-hybridized carbons (Fsp3) is 1.00. The summed E-state index contributed by atoms with van der Waals surface area (Å²) in [4.78, 5) is 0. The van der Waals surface area contributed by atoms with Crippen LogP contribution in [0.2, 0.25) is 0 Å². The van der Waals surface area contributed by atoms with E-state index >= 15 is 0 Å². The Hall–Kier alpha value is -0.370. The third kappa shape index (κ3) is 1.63. The van der Waals surface area contributed by atoms with Crippen molar-refractivity contribution < 1.29 is 30.5 Å². The van der Waals surface area contributed by atoms with Gasteiger partial charge in [0, 0.05) is 5.92 Å². The smallest absolute Gasteiger partial charge is 0.283 e. The lowest BCUT2D eigenvalue weighted by molar-refractivity contribution is -0.223. The average Bonchev–Trinajstić information content (AvgIpc) is 3.12. The standard InChI is InChI=1S/C14H18F4O3S/c15-13(14(16,17)18,22(19,20)21)10-5-8-4-9(10)12-7-2-1-6(3-7)11(8)12/h6-12H,1-5H2,(H,19,20,21). The number of alkyl halides is 4. The highest BCUT2D eigenvalue weighted by atomic mass is 32.2. The summed E-state index contributed by atoms with van der Waals surface area (Å²) < 4.78 is 85.8. The molecule has 22 heavy (non-hydrogen) atoms. The molecular weight excluding hydrogens is 324 g/mol.